The van der Waals surface area contributed by atoms with Crippen molar-refractivity contribution in [3.63, 3.8) is 0 Å². The number of ether oxygens (including phenoxy) is 1. The van der Waals surface area contributed by atoms with Crippen LogP contribution in [-0.4, -0.2) is 24.0 Å². The standard InChI is InChI=1S/C18H13ClN2O3S/c1-24-15-5-3-2-4-11(15)10-14-16(22)20-18(25)21(17(14)23)13-8-6-12(19)7-9-13/h2-10H,1H3,(H,20,22,25)/b14-10-. The molecule has 0 unspecified atom stereocenters. The van der Waals surface area contributed by atoms with Gasteiger partial charge in [0, 0.05) is 10.6 Å². The number of anilines is 1. The molecule has 1 heterocycles. The second-order valence-corrected chi connectivity index (χ2v) is 6.00. The number of nitrogens with one attached hydrogen (secondary N) is 1. The number of rotatable bonds is 3. The molecule has 1 aliphatic heterocycles. The van der Waals surface area contributed by atoms with Gasteiger partial charge in [-0.05, 0) is 48.6 Å². The summed E-state index contributed by atoms with van der Waals surface area (Å²) in [4.78, 5) is 26.4. The summed E-state index contributed by atoms with van der Waals surface area (Å²) in [5.74, 6) is -0.505. The highest BCUT2D eigenvalue weighted by Crippen LogP contribution is 2.26. The second-order valence-electron chi connectivity index (χ2n) is 5.18. The van der Waals surface area contributed by atoms with Crippen LogP contribution in [0, 0.1) is 0 Å². The first-order chi connectivity index (χ1) is 12.0. The molecule has 2 aromatic rings. The van der Waals surface area contributed by atoms with Gasteiger partial charge in [-0.1, -0.05) is 29.8 Å². The van der Waals surface area contributed by atoms with Crippen molar-refractivity contribution in [2.75, 3.05) is 12.0 Å². The fourth-order valence-electron chi connectivity index (χ4n) is 2.42. The van der Waals surface area contributed by atoms with E-state index in [2.05, 4.69) is 5.32 Å². The highest BCUT2D eigenvalue weighted by Gasteiger charge is 2.34. The maximum atomic E-state index is 12.9. The lowest BCUT2D eigenvalue weighted by Crippen LogP contribution is -2.54. The van der Waals surface area contributed by atoms with E-state index in [9.17, 15) is 9.59 Å². The number of thiocarbonyl (C=S) groups is 1. The minimum Gasteiger partial charge on any atom is -0.496 e. The smallest absolute Gasteiger partial charge is 0.270 e. The summed E-state index contributed by atoms with van der Waals surface area (Å²) in [5.41, 5.74) is 1.10. The van der Waals surface area contributed by atoms with Crippen molar-refractivity contribution in [1.29, 1.82) is 0 Å². The molecule has 0 aromatic heterocycles. The Kier molecular flexibility index (Phi) is 4.83. The lowest BCUT2D eigenvalue weighted by Gasteiger charge is -2.29. The van der Waals surface area contributed by atoms with E-state index in [1.807, 2.05) is 0 Å². The van der Waals surface area contributed by atoms with Crippen LogP contribution in [0.5, 0.6) is 5.75 Å². The minimum atomic E-state index is -0.550. The van der Waals surface area contributed by atoms with Gasteiger partial charge in [0.05, 0.1) is 12.8 Å². The van der Waals surface area contributed by atoms with Crippen LogP contribution >= 0.6 is 23.8 Å². The molecule has 0 spiro atoms. The molecule has 2 aromatic carbocycles. The first-order valence-corrected chi connectivity index (χ1v) is 8.10. The van der Waals surface area contributed by atoms with Crippen molar-refractivity contribution in [1.82, 2.24) is 5.32 Å². The molecule has 0 aliphatic carbocycles. The number of hydrogen-bond acceptors (Lipinski definition) is 4. The largest absolute Gasteiger partial charge is 0.496 e. The van der Waals surface area contributed by atoms with Gasteiger partial charge in [-0.3, -0.25) is 19.8 Å². The summed E-state index contributed by atoms with van der Waals surface area (Å²) in [7, 11) is 1.52. The molecule has 0 radical (unpaired) electrons. The summed E-state index contributed by atoms with van der Waals surface area (Å²) in [6.07, 6.45) is 1.49. The van der Waals surface area contributed by atoms with E-state index in [0.717, 1.165) is 0 Å². The Bertz CT molecular complexity index is 893. The van der Waals surface area contributed by atoms with Gasteiger partial charge in [-0.2, -0.15) is 0 Å². The number of carbonyl (C=O) groups excluding carboxylic acids is 2. The zero-order valence-corrected chi connectivity index (χ0v) is 14.7. The quantitative estimate of drug-likeness (QED) is 0.510. The van der Waals surface area contributed by atoms with Crippen LogP contribution in [-0.2, 0) is 9.59 Å². The lowest BCUT2D eigenvalue weighted by atomic mass is 10.1. The third-order valence-corrected chi connectivity index (χ3v) is 4.16. The molecular formula is C18H13ClN2O3S. The highest BCUT2D eigenvalue weighted by atomic mass is 35.5. The number of nitrogens with zero attached hydrogens (tertiary/aromatic N) is 1. The van der Waals surface area contributed by atoms with Gasteiger partial charge in [-0.25, -0.2) is 0 Å². The fourth-order valence-corrected chi connectivity index (χ4v) is 2.83. The summed E-state index contributed by atoms with van der Waals surface area (Å²) in [5, 5.41) is 3.09. The Morgan fingerprint density at radius 1 is 1.12 bits per heavy atom. The van der Waals surface area contributed by atoms with Crippen molar-refractivity contribution < 1.29 is 14.3 Å². The van der Waals surface area contributed by atoms with Gasteiger partial charge in [0.1, 0.15) is 11.3 Å². The van der Waals surface area contributed by atoms with Crippen molar-refractivity contribution in [3.05, 3.63) is 64.7 Å². The Morgan fingerprint density at radius 3 is 2.48 bits per heavy atom. The molecular weight excluding hydrogens is 360 g/mol. The van der Waals surface area contributed by atoms with E-state index in [-0.39, 0.29) is 10.7 Å². The Hall–Kier alpha value is -2.70. The lowest BCUT2D eigenvalue weighted by molar-refractivity contribution is -0.122. The van der Waals surface area contributed by atoms with Crippen LogP contribution in [0.2, 0.25) is 5.02 Å². The normalized spacial score (nSPS) is 16.2. The number of amides is 2. The Balaban J connectivity index is 2.03. The molecule has 126 valence electrons. The summed E-state index contributed by atoms with van der Waals surface area (Å²) >= 11 is 11.0. The number of carbonyl (C=O) groups is 2. The van der Waals surface area contributed by atoms with E-state index >= 15 is 0 Å². The summed E-state index contributed by atoms with van der Waals surface area (Å²) in [6, 6.07) is 13.7. The van der Waals surface area contributed by atoms with Crippen molar-refractivity contribution in [2.45, 2.75) is 0 Å². The number of para-hydroxylation sites is 1. The van der Waals surface area contributed by atoms with Gasteiger partial charge in [0.2, 0.25) is 0 Å². The van der Waals surface area contributed by atoms with Crippen molar-refractivity contribution in [3.8, 4) is 5.75 Å². The summed E-state index contributed by atoms with van der Waals surface area (Å²) < 4.78 is 5.26. The second kappa shape index (κ2) is 7.04. The zero-order chi connectivity index (χ0) is 18.0. The molecule has 1 aliphatic rings. The molecule has 1 saturated heterocycles. The van der Waals surface area contributed by atoms with Crippen LogP contribution in [0.25, 0.3) is 6.08 Å². The van der Waals surface area contributed by atoms with Crippen LogP contribution in [0.3, 0.4) is 0 Å². The molecule has 0 saturated carbocycles. The first-order valence-electron chi connectivity index (χ1n) is 7.31. The van der Waals surface area contributed by atoms with Crippen molar-refractivity contribution in [2.24, 2.45) is 0 Å². The predicted molar refractivity (Wildman–Crippen MR) is 101 cm³/mol. The Morgan fingerprint density at radius 2 is 1.80 bits per heavy atom. The molecule has 3 rings (SSSR count). The number of methoxy groups -OCH3 is 1. The van der Waals surface area contributed by atoms with E-state index in [1.54, 1.807) is 48.5 Å². The van der Waals surface area contributed by atoms with Crippen LogP contribution in [0.15, 0.2) is 54.1 Å². The molecule has 7 heteroatoms. The number of benzene rings is 2. The third-order valence-electron chi connectivity index (χ3n) is 3.63. The maximum absolute atomic E-state index is 12.9. The van der Waals surface area contributed by atoms with Crippen LogP contribution < -0.4 is 15.0 Å². The number of halogens is 1. The zero-order valence-electron chi connectivity index (χ0n) is 13.2. The van der Waals surface area contributed by atoms with Gasteiger partial charge >= 0.3 is 0 Å². The van der Waals surface area contributed by atoms with Crippen LogP contribution in [0.1, 0.15) is 5.56 Å². The molecule has 1 N–H and O–H groups in total. The number of hydrogen-bond donors (Lipinski definition) is 1. The highest BCUT2D eigenvalue weighted by molar-refractivity contribution is 7.80. The van der Waals surface area contributed by atoms with E-state index in [1.165, 1.54) is 18.1 Å². The molecule has 0 bridgehead atoms. The molecule has 5 nitrogen and oxygen atoms in total. The fraction of sp³-hybridized carbons (Fsp3) is 0.0556. The average Bonchev–Trinajstić information content (AvgIpc) is 2.60. The van der Waals surface area contributed by atoms with Gasteiger partial charge < -0.3 is 4.74 Å². The van der Waals surface area contributed by atoms with Gasteiger partial charge in [0.15, 0.2) is 5.11 Å². The van der Waals surface area contributed by atoms with Crippen molar-refractivity contribution >= 4 is 52.5 Å². The topological polar surface area (TPSA) is 58.6 Å². The van der Waals surface area contributed by atoms with E-state index in [4.69, 9.17) is 28.6 Å². The molecule has 25 heavy (non-hydrogen) atoms. The molecule has 0 atom stereocenters. The Labute approximate surface area is 154 Å². The maximum Gasteiger partial charge on any atom is 0.270 e. The molecule has 2 amide bonds. The minimum absolute atomic E-state index is 0.0227. The molecule has 1 fully saturated rings. The van der Waals surface area contributed by atoms with Gasteiger partial charge in [-0.15, -0.1) is 0 Å². The third kappa shape index (κ3) is 3.40. The SMILES string of the molecule is COc1ccccc1/C=C1/C(=O)NC(=S)N(c2ccc(Cl)cc2)C1=O. The van der Waals surface area contributed by atoms with E-state index < -0.39 is 11.8 Å². The van der Waals surface area contributed by atoms with Gasteiger partial charge in [0.25, 0.3) is 11.8 Å². The first kappa shape index (κ1) is 17.1. The van der Waals surface area contributed by atoms with E-state index in [0.29, 0.717) is 22.0 Å². The monoisotopic (exact) mass is 372 g/mol. The van der Waals surface area contributed by atoms with Crippen LogP contribution in [0.4, 0.5) is 5.69 Å². The predicted octanol–water partition coefficient (Wildman–Crippen LogP) is 3.18. The summed E-state index contributed by atoms with van der Waals surface area (Å²) in [6.45, 7) is 0. The average molecular weight is 373 g/mol.